The molecule has 0 fully saturated rings. The van der Waals surface area contributed by atoms with E-state index in [0.717, 1.165) is 0 Å². The highest BCUT2D eigenvalue weighted by molar-refractivity contribution is 6.31. The van der Waals surface area contributed by atoms with E-state index in [-0.39, 0.29) is 18.2 Å². The normalized spacial score (nSPS) is 11.2. The van der Waals surface area contributed by atoms with E-state index in [9.17, 15) is 14.6 Å². The number of fused-ring (bicyclic) bond motifs is 1. The van der Waals surface area contributed by atoms with Gasteiger partial charge in [0, 0.05) is 16.1 Å². The summed E-state index contributed by atoms with van der Waals surface area (Å²) < 4.78 is 14.7. The molecule has 1 aromatic heterocycles. The quantitative estimate of drug-likeness (QED) is 0.757. The van der Waals surface area contributed by atoms with Crippen molar-refractivity contribution in [2.24, 2.45) is 0 Å². The Bertz CT molecular complexity index is 781. The van der Waals surface area contributed by atoms with Crippen LogP contribution in [-0.2, 0) is 6.61 Å². The molecule has 0 radical (unpaired) electrons. The van der Waals surface area contributed by atoms with Gasteiger partial charge in [0.2, 0.25) is 0 Å². The fraction of sp³-hybridized carbons (Fsp3) is 0.0667. The van der Waals surface area contributed by atoms with E-state index in [4.69, 9.17) is 11.6 Å². The zero-order chi connectivity index (χ0) is 14.3. The van der Waals surface area contributed by atoms with Crippen molar-refractivity contribution in [2.75, 3.05) is 0 Å². The highest BCUT2D eigenvalue weighted by Gasteiger charge is 2.17. The van der Waals surface area contributed by atoms with Gasteiger partial charge in [-0.15, -0.1) is 0 Å². The van der Waals surface area contributed by atoms with Gasteiger partial charge in [-0.05, 0) is 42.5 Å². The molecule has 0 unspecified atom stereocenters. The van der Waals surface area contributed by atoms with Crippen molar-refractivity contribution in [1.29, 1.82) is 0 Å². The zero-order valence-electron chi connectivity index (χ0n) is 10.3. The Kier molecular flexibility index (Phi) is 3.12. The monoisotopic (exact) mass is 291 g/mol. The molecule has 2 aromatic carbocycles. The van der Waals surface area contributed by atoms with Gasteiger partial charge < -0.3 is 14.8 Å². The van der Waals surface area contributed by atoms with Crippen LogP contribution >= 0.6 is 11.6 Å². The van der Waals surface area contributed by atoms with Crippen LogP contribution in [0.4, 0.5) is 4.39 Å². The fourth-order valence-corrected chi connectivity index (χ4v) is 2.50. The molecule has 0 aliphatic carbocycles. The molecule has 3 nitrogen and oxygen atoms in total. The lowest BCUT2D eigenvalue weighted by molar-refractivity contribution is 0.269. The lowest BCUT2D eigenvalue weighted by Crippen LogP contribution is -2.00. The van der Waals surface area contributed by atoms with E-state index in [1.807, 2.05) is 0 Å². The van der Waals surface area contributed by atoms with Crippen LogP contribution in [0.5, 0.6) is 5.75 Å². The molecular formula is C15H11ClFNO2. The Morgan fingerprint density at radius 1 is 1.10 bits per heavy atom. The number of aliphatic hydroxyl groups is 1. The molecule has 5 heteroatoms. The first-order valence-corrected chi connectivity index (χ1v) is 6.38. The van der Waals surface area contributed by atoms with Crippen LogP contribution in [0.2, 0.25) is 5.02 Å². The summed E-state index contributed by atoms with van der Waals surface area (Å²) >= 11 is 5.93. The average molecular weight is 292 g/mol. The molecule has 0 spiro atoms. The van der Waals surface area contributed by atoms with Crippen molar-refractivity contribution in [3.63, 3.8) is 0 Å². The van der Waals surface area contributed by atoms with E-state index in [2.05, 4.69) is 0 Å². The van der Waals surface area contributed by atoms with Gasteiger partial charge in [0.05, 0.1) is 17.8 Å². The van der Waals surface area contributed by atoms with Gasteiger partial charge in [-0.3, -0.25) is 0 Å². The van der Waals surface area contributed by atoms with Crippen LogP contribution in [0, 0.1) is 5.82 Å². The summed E-state index contributed by atoms with van der Waals surface area (Å²) in [7, 11) is 0. The molecule has 102 valence electrons. The largest absolute Gasteiger partial charge is 0.505 e. The second-order valence-corrected chi connectivity index (χ2v) is 4.86. The van der Waals surface area contributed by atoms with Crippen molar-refractivity contribution in [1.82, 2.24) is 4.57 Å². The number of benzene rings is 2. The summed E-state index contributed by atoms with van der Waals surface area (Å²) in [6.07, 6.45) is 0. The predicted octanol–water partition coefficient (Wildman–Crippen LogP) is 3.62. The van der Waals surface area contributed by atoms with Gasteiger partial charge in [-0.1, -0.05) is 11.6 Å². The molecule has 0 saturated heterocycles. The number of halogens is 2. The molecular weight excluding hydrogens is 281 g/mol. The number of nitrogens with zero attached hydrogens (tertiary/aromatic N) is 1. The molecule has 0 aliphatic rings. The van der Waals surface area contributed by atoms with Gasteiger partial charge in [0.1, 0.15) is 11.6 Å². The van der Waals surface area contributed by atoms with E-state index in [1.54, 1.807) is 34.9 Å². The molecule has 0 amide bonds. The zero-order valence-corrected chi connectivity index (χ0v) is 11.1. The van der Waals surface area contributed by atoms with Crippen LogP contribution < -0.4 is 0 Å². The van der Waals surface area contributed by atoms with Crippen molar-refractivity contribution in [3.05, 3.63) is 59.0 Å². The van der Waals surface area contributed by atoms with Crippen molar-refractivity contribution in [3.8, 4) is 11.4 Å². The molecule has 0 bridgehead atoms. The lowest BCUT2D eigenvalue weighted by Gasteiger charge is -2.09. The first-order valence-electron chi connectivity index (χ1n) is 6.00. The third-order valence-corrected chi connectivity index (χ3v) is 3.47. The van der Waals surface area contributed by atoms with Gasteiger partial charge in [-0.25, -0.2) is 4.39 Å². The van der Waals surface area contributed by atoms with Crippen LogP contribution in [-0.4, -0.2) is 14.8 Å². The van der Waals surface area contributed by atoms with E-state index in [1.165, 1.54) is 12.1 Å². The maximum absolute atomic E-state index is 13.0. The number of aromatic hydroxyl groups is 1. The third kappa shape index (κ3) is 1.94. The minimum atomic E-state index is -0.344. The van der Waals surface area contributed by atoms with E-state index >= 15 is 0 Å². The SMILES string of the molecule is OCc1c(O)c2cc(Cl)ccc2n1-c1ccc(F)cc1. The van der Waals surface area contributed by atoms with E-state index in [0.29, 0.717) is 27.3 Å². The Labute approximate surface area is 119 Å². The number of aromatic nitrogens is 1. The van der Waals surface area contributed by atoms with Crippen LogP contribution in [0.3, 0.4) is 0 Å². The molecule has 1 heterocycles. The van der Waals surface area contributed by atoms with Crippen LogP contribution in [0.25, 0.3) is 16.6 Å². The van der Waals surface area contributed by atoms with Gasteiger partial charge >= 0.3 is 0 Å². The third-order valence-electron chi connectivity index (χ3n) is 3.23. The Morgan fingerprint density at radius 3 is 2.45 bits per heavy atom. The number of aliphatic hydroxyl groups excluding tert-OH is 1. The van der Waals surface area contributed by atoms with Crippen LogP contribution in [0.15, 0.2) is 42.5 Å². The highest BCUT2D eigenvalue weighted by Crippen LogP contribution is 2.36. The van der Waals surface area contributed by atoms with Crippen LogP contribution in [0.1, 0.15) is 5.69 Å². The standard InChI is InChI=1S/C15H11ClFNO2/c16-9-1-6-13-12(7-9)15(20)14(8-19)18(13)11-4-2-10(17)3-5-11/h1-7,19-20H,8H2. The maximum Gasteiger partial charge on any atom is 0.147 e. The minimum Gasteiger partial charge on any atom is -0.505 e. The molecule has 20 heavy (non-hydrogen) atoms. The van der Waals surface area contributed by atoms with E-state index < -0.39 is 0 Å². The average Bonchev–Trinajstić information content (AvgIpc) is 2.72. The Morgan fingerprint density at radius 2 is 1.80 bits per heavy atom. The van der Waals surface area contributed by atoms with Crippen molar-refractivity contribution < 1.29 is 14.6 Å². The fourth-order valence-electron chi connectivity index (χ4n) is 2.33. The number of rotatable bonds is 2. The molecule has 3 rings (SSSR count). The number of hydrogen-bond donors (Lipinski definition) is 2. The van der Waals surface area contributed by atoms with Crippen molar-refractivity contribution >= 4 is 22.5 Å². The molecule has 0 atom stereocenters. The maximum atomic E-state index is 13.0. The summed E-state index contributed by atoms with van der Waals surface area (Å²) in [5, 5.41) is 20.7. The molecule has 0 aliphatic heterocycles. The van der Waals surface area contributed by atoms with Gasteiger partial charge in [0.25, 0.3) is 0 Å². The smallest absolute Gasteiger partial charge is 0.147 e. The lowest BCUT2D eigenvalue weighted by atomic mass is 10.2. The van der Waals surface area contributed by atoms with Gasteiger partial charge in [0.15, 0.2) is 0 Å². The van der Waals surface area contributed by atoms with Gasteiger partial charge in [-0.2, -0.15) is 0 Å². The summed E-state index contributed by atoms with van der Waals surface area (Å²) in [6.45, 7) is -0.338. The first kappa shape index (κ1) is 13.0. The highest BCUT2D eigenvalue weighted by atomic mass is 35.5. The second-order valence-electron chi connectivity index (χ2n) is 4.43. The van der Waals surface area contributed by atoms with Crippen molar-refractivity contribution in [2.45, 2.75) is 6.61 Å². The topological polar surface area (TPSA) is 45.4 Å². The first-order chi connectivity index (χ1) is 9.61. The summed E-state index contributed by atoms with van der Waals surface area (Å²) in [6, 6.07) is 10.9. The summed E-state index contributed by atoms with van der Waals surface area (Å²) in [5.41, 5.74) is 1.69. The summed E-state index contributed by atoms with van der Waals surface area (Å²) in [4.78, 5) is 0. The molecule has 2 N–H and O–H groups in total. The predicted molar refractivity (Wildman–Crippen MR) is 75.8 cm³/mol. The second kappa shape index (κ2) is 4.81. The minimum absolute atomic E-state index is 0.0191. The molecule has 0 saturated carbocycles. The summed E-state index contributed by atoms with van der Waals surface area (Å²) in [5.74, 6) is -0.364. The number of hydrogen-bond acceptors (Lipinski definition) is 2. The Hall–Kier alpha value is -2.04. The Balaban J connectivity index is 2.36. The molecule has 3 aromatic rings.